The predicted octanol–water partition coefficient (Wildman–Crippen LogP) is 3.93. The van der Waals surface area contributed by atoms with Crippen LogP contribution in [0.25, 0.3) is 0 Å². The number of rotatable bonds is 3. The first kappa shape index (κ1) is 16.7. The molecule has 1 aliphatic heterocycles. The lowest BCUT2D eigenvalue weighted by atomic mass is 9.97. The standard InChI is InChI=1S/C17H23N5OS/c1-12(2)22-15(19-20-17(22)24)13-7-6-10-21(11-13)16(23)18-14-8-4-3-5-9-14/h3-5,8-9,12-13H,6-7,10-11H2,1-2H3,(H,18,23)(H,20,24)/t13-/m0/s1. The highest BCUT2D eigenvalue weighted by Gasteiger charge is 2.28. The first-order valence-corrected chi connectivity index (χ1v) is 8.75. The molecule has 2 aromatic rings. The van der Waals surface area contributed by atoms with Crippen molar-refractivity contribution in [1.82, 2.24) is 19.7 Å². The number of amides is 2. The molecule has 1 fully saturated rings. The summed E-state index contributed by atoms with van der Waals surface area (Å²) in [6.45, 7) is 5.61. The molecule has 0 bridgehead atoms. The number of likely N-dealkylation sites (tertiary alicyclic amines) is 1. The monoisotopic (exact) mass is 345 g/mol. The molecular weight excluding hydrogens is 322 g/mol. The number of aromatic amines is 1. The Morgan fingerprint density at radius 2 is 2.12 bits per heavy atom. The molecule has 0 aliphatic carbocycles. The molecule has 7 heteroatoms. The van der Waals surface area contributed by atoms with Crippen LogP contribution in [0.5, 0.6) is 0 Å². The number of para-hydroxylation sites is 1. The predicted molar refractivity (Wildman–Crippen MR) is 96.8 cm³/mol. The minimum atomic E-state index is -0.0591. The number of urea groups is 1. The topological polar surface area (TPSA) is 66.0 Å². The number of hydrogen-bond donors (Lipinski definition) is 2. The van der Waals surface area contributed by atoms with E-state index in [0.29, 0.717) is 11.3 Å². The highest BCUT2D eigenvalue weighted by atomic mass is 32.1. The maximum absolute atomic E-state index is 12.5. The molecule has 6 nitrogen and oxygen atoms in total. The van der Waals surface area contributed by atoms with Crippen LogP contribution in [-0.2, 0) is 0 Å². The number of nitrogens with one attached hydrogen (secondary N) is 2. The van der Waals surface area contributed by atoms with Gasteiger partial charge in [-0.2, -0.15) is 5.10 Å². The van der Waals surface area contributed by atoms with Crippen molar-refractivity contribution in [2.24, 2.45) is 0 Å². The van der Waals surface area contributed by atoms with Gasteiger partial charge in [0.15, 0.2) is 4.77 Å². The van der Waals surface area contributed by atoms with E-state index >= 15 is 0 Å². The van der Waals surface area contributed by atoms with E-state index in [-0.39, 0.29) is 18.0 Å². The van der Waals surface area contributed by atoms with E-state index in [4.69, 9.17) is 12.2 Å². The molecule has 3 rings (SSSR count). The van der Waals surface area contributed by atoms with Crippen molar-refractivity contribution in [2.45, 2.75) is 38.6 Å². The Hall–Kier alpha value is -2.15. The van der Waals surface area contributed by atoms with Gasteiger partial charge in [-0.3, -0.25) is 5.10 Å². The fourth-order valence-corrected chi connectivity index (χ4v) is 3.55. The second-order valence-corrected chi connectivity index (χ2v) is 6.82. The lowest BCUT2D eigenvalue weighted by molar-refractivity contribution is 0.190. The number of hydrogen-bond acceptors (Lipinski definition) is 3. The first-order chi connectivity index (χ1) is 11.6. The molecule has 1 aliphatic rings. The number of carbonyl (C=O) groups is 1. The van der Waals surface area contributed by atoms with Crippen LogP contribution in [-0.4, -0.2) is 38.8 Å². The zero-order chi connectivity index (χ0) is 17.1. The second kappa shape index (κ2) is 7.17. The third-order valence-corrected chi connectivity index (χ3v) is 4.63. The summed E-state index contributed by atoms with van der Waals surface area (Å²) in [6.07, 6.45) is 1.98. The summed E-state index contributed by atoms with van der Waals surface area (Å²) in [6, 6.07) is 9.73. The van der Waals surface area contributed by atoms with Gasteiger partial charge in [0.05, 0.1) is 0 Å². The Bertz CT molecular complexity index is 752. The molecule has 1 aromatic carbocycles. The smallest absolute Gasteiger partial charge is 0.321 e. The van der Waals surface area contributed by atoms with Crippen LogP contribution in [0.1, 0.15) is 44.5 Å². The summed E-state index contributed by atoms with van der Waals surface area (Å²) in [5.74, 6) is 1.16. The Balaban J connectivity index is 1.73. The molecule has 0 radical (unpaired) electrons. The summed E-state index contributed by atoms with van der Waals surface area (Å²) in [5, 5.41) is 10.3. The fourth-order valence-electron chi connectivity index (χ4n) is 3.20. The van der Waals surface area contributed by atoms with Crippen molar-refractivity contribution < 1.29 is 4.79 Å². The van der Waals surface area contributed by atoms with E-state index < -0.39 is 0 Å². The highest BCUT2D eigenvalue weighted by molar-refractivity contribution is 7.71. The lowest BCUT2D eigenvalue weighted by Gasteiger charge is -2.32. The van der Waals surface area contributed by atoms with Gasteiger partial charge in [-0.15, -0.1) is 0 Å². The molecule has 0 saturated carbocycles. The van der Waals surface area contributed by atoms with E-state index in [2.05, 4.69) is 33.9 Å². The summed E-state index contributed by atoms with van der Waals surface area (Å²) in [7, 11) is 0. The zero-order valence-corrected chi connectivity index (χ0v) is 14.8. The Morgan fingerprint density at radius 1 is 1.38 bits per heavy atom. The molecule has 2 heterocycles. The van der Waals surface area contributed by atoms with Crippen LogP contribution in [0.3, 0.4) is 0 Å². The number of anilines is 1. The van der Waals surface area contributed by atoms with Gasteiger partial charge in [-0.1, -0.05) is 18.2 Å². The van der Waals surface area contributed by atoms with E-state index in [0.717, 1.165) is 30.9 Å². The molecule has 2 amide bonds. The van der Waals surface area contributed by atoms with E-state index in [1.165, 1.54) is 0 Å². The van der Waals surface area contributed by atoms with Crippen molar-refractivity contribution in [3.8, 4) is 0 Å². The maximum Gasteiger partial charge on any atom is 0.321 e. The van der Waals surface area contributed by atoms with Gasteiger partial charge in [0, 0.05) is 30.7 Å². The average Bonchev–Trinajstić information content (AvgIpc) is 2.98. The molecule has 0 unspecified atom stereocenters. The summed E-state index contributed by atoms with van der Waals surface area (Å²) in [5.41, 5.74) is 0.814. The molecule has 2 N–H and O–H groups in total. The van der Waals surface area contributed by atoms with Crippen LogP contribution in [0, 0.1) is 4.77 Å². The number of benzene rings is 1. The maximum atomic E-state index is 12.5. The van der Waals surface area contributed by atoms with E-state index in [9.17, 15) is 4.79 Å². The summed E-state index contributed by atoms with van der Waals surface area (Å²) < 4.78 is 2.70. The van der Waals surface area contributed by atoms with E-state index in [1.807, 2.05) is 35.2 Å². The molecular formula is C17H23N5OS. The Labute approximate surface area is 146 Å². The van der Waals surface area contributed by atoms with Gasteiger partial charge in [-0.05, 0) is 51.0 Å². The lowest BCUT2D eigenvalue weighted by Crippen LogP contribution is -2.42. The number of nitrogens with zero attached hydrogens (tertiary/aromatic N) is 3. The SMILES string of the molecule is CC(C)n1c([C@H]2CCCN(C(=O)Nc3ccccc3)C2)n[nH]c1=S. The fraction of sp³-hybridized carbons (Fsp3) is 0.471. The Morgan fingerprint density at radius 3 is 2.83 bits per heavy atom. The molecule has 1 aromatic heterocycles. The minimum absolute atomic E-state index is 0.0591. The van der Waals surface area contributed by atoms with Gasteiger partial charge in [0.1, 0.15) is 5.82 Å². The van der Waals surface area contributed by atoms with Crippen LogP contribution >= 0.6 is 12.2 Å². The summed E-state index contributed by atoms with van der Waals surface area (Å²) >= 11 is 5.34. The quantitative estimate of drug-likeness (QED) is 0.828. The van der Waals surface area contributed by atoms with Crippen molar-refractivity contribution in [3.05, 3.63) is 40.9 Å². The minimum Gasteiger partial charge on any atom is -0.324 e. The third kappa shape index (κ3) is 3.51. The second-order valence-electron chi connectivity index (χ2n) is 6.43. The molecule has 1 saturated heterocycles. The normalized spacial score (nSPS) is 18.0. The summed E-state index contributed by atoms with van der Waals surface area (Å²) in [4.78, 5) is 14.4. The van der Waals surface area contributed by atoms with E-state index in [1.54, 1.807) is 0 Å². The van der Waals surface area contributed by atoms with Gasteiger partial charge in [0.25, 0.3) is 0 Å². The zero-order valence-electron chi connectivity index (χ0n) is 14.0. The van der Waals surface area contributed by atoms with Crippen molar-refractivity contribution in [2.75, 3.05) is 18.4 Å². The number of aromatic nitrogens is 3. The van der Waals surface area contributed by atoms with Crippen molar-refractivity contribution in [1.29, 1.82) is 0 Å². The average molecular weight is 345 g/mol. The van der Waals surface area contributed by atoms with Crippen molar-refractivity contribution >= 4 is 23.9 Å². The first-order valence-electron chi connectivity index (χ1n) is 8.34. The Kier molecular flexibility index (Phi) is 4.99. The van der Waals surface area contributed by atoms with Crippen LogP contribution in [0.4, 0.5) is 10.5 Å². The van der Waals surface area contributed by atoms with Gasteiger partial charge in [0.2, 0.25) is 0 Å². The van der Waals surface area contributed by atoms with Crippen LogP contribution in [0.15, 0.2) is 30.3 Å². The number of H-pyrrole nitrogens is 1. The van der Waals surface area contributed by atoms with Crippen LogP contribution in [0.2, 0.25) is 0 Å². The van der Waals surface area contributed by atoms with Crippen LogP contribution < -0.4 is 5.32 Å². The largest absolute Gasteiger partial charge is 0.324 e. The van der Waals surface area contributed by atoms with Gasteiger partial charge in [-0.25, -0.2) is 4.79 Å². The molecule has 128 valence electrons. The van der Waals surface area contributed by atoms with Gasteiger partial charge >= 0.3 is 6.03 Å². The molecule has 1 atom stereocenters. The number of carbonyl (C=O) groups excluding carboxylic acids is 1. The molecule has 0 spiro atoms. The molecule has 24 heavy (non-hydrogen) atoms. The third-order valence-electron chi connectivity index (χ3n) is 4.35. The highest BCUT2D eigenvalue weighted by Crippen LogP contribution is 2.27. The number of piperidine rings is 1. The van der Waals surface area contributed by atoms with Crippen molar-refractivity contribution in [3.63, 3.8) is 0 Å². The van der Waals surface area contributed by atoms with Gasteiger partial charge < -0.3 is 14.8 Å².